The largest absolute Gasteiger partial charge is 0.0885 e. The van der Waals surface area contributed by atoms with Crippen LogP contribution in [0.15, 0.2) is 12.2 Å². The Hall–Kier alpha value is -0.260. The molecule has 2 radical (unpaired) electrons. The summed E-state index contributed by atoms with van der Waals surface area (Å²) in [5, 5.41) is 0. The minimum absolute atomic E-state index is 1.10. The fourth-order valence-corrected chi connectivity index (χ4v) is 1.26. The lowest BCUT2D eigenvalue weighted by Crippen LogP contribution is -1.78. The molecular formula is C12H22. The molecule has 0 aliphatic heterocycles. The van der Waals surface area contributed by atoms with Gasteiger partial charge < -0.3 is 0 Å². The van der Waals surface area contributed by atoms with Gasteiger partial charge >= 0.3 is 0 Å². The maximum atomic E-state index is 3.83. The Morgan fingerprint density at radius 1 is 0.833 bits per heavy atom. The highest BCUT2D eigenvalue weighted by Crippen LogP contribution is 2.08. The quantitative estimate of drug-likeness (QED) is 0.471. The molecule has 0 amide bonds. The van der Waals surface area contributed by atoms with E-state index in [0.717, 1.165) is 6.42 Å². The average molecular weight is 166 g/mol. The maximum Gasteiger partial charge on any atom is -0.0316 e. The first-order valence-corrected chi connectivity index (χ1v) is 5.15. The molecule has 0 aromatic heterocycles. The summed E-state index contributed by atoms with van der Waals surface area (Å²) in [5.74, 6) is 0. The van der Waals surface area contributed by atoms with Crippen LogP contribution in [0.3, 0.4) is 0 Å². The Kier molecular flexibility index (Phi) is 10.5. The number of hydrogen-bond acceptors (Lipinski definition) is 0. The molecule has 0 heterocycles. The molecule has 0 aromatic rings. The maximum absolute atomic E-state index is 3.83. The minimum atomic E-state index is 1.10. The van der Waals surface area contributed by atoms with Crippen LogP contribution in [-0.4, -0.2) is 0 Å². The summed E-state index contributed by atoms with van der Waals surface area (Å²) in [4.78, 5) is 0. The van der Waals surface area contributed by atoms with Crippen molar-refractivity contribution in [2.75, 3.05) is 0 Å². The molecule has 0 spiro atoms. The first-order valence-electron chi connectivity index (χ1n) is 5.15. The zero-order valence-corrected chi connectivity index (χ0v) is 8.23. The van der Waals surface area contributed by atoms with Crippen LogP contribution in [-0.2, 0) is 0 Å². The molecule has 0 heteroatoms. The van der Waals surface area contributed by atoms with Gasteiger partial charge in [-0.15, -0.1) is 0 Å². The van der Waals surface area contributed by atoms with Crippen LogP contribution in [0.2, 0.25) is 0 Å². The predicted molar refractivity (Wildman–Crippen MR) is 56.8 cm³/mol. The predicted octanol–water partition coefficient (Wildman–Crippen LogP) is 4.33. The highest BCUT2D eigenvalue weighted by atomic mass is 13.9. The number of rotatable bonds is 8. The van der Waals surface area contributed by atoms with Crippen LogP contribution in [0.4, 0.5) is 0 Å². The van der Waals surface area contributed by atoms with Crippen LogP contribution >= 0.6 is 0 Å². The molecule has 0 fully saturated rings. The van der Waals surface area contributed by atoms with Crippen molar-refractivity contribution in [3.63, 3.8) is 0 Å². The minimum Gasteiger partial charge on any atom is -0.0885 e. The first kappa shape index (κ1) is 11.7. The second-order valence-corrected chi connectivity index (χ2v) is 3.23. The summed E-state index contributed by atoms with van der Waals surface area (Å²) in [5.41, 5.74) is 0. The molecule has 0 saturated heterocycles. The Morgan fingerprint density at radius 2 is 1.42 bits per heavy atom. The van der Waals surface area contributed by atoms with Crippen molar-refractivity contribution in [1.82, 2.24) is 0 Å². The molecule has 0 rings (SSSR count). The van der Waals surface area contributed by atoms with E-state index in [0.29, 0.717) is 0 Å². The molecule has 0 aromatic carbocycles. The van der Waals surface area contributed by atoms with Crippen molar-refractivity contribution in [3.8, 4) is 0 Å². The van der Waals surface area contributed by atoms with Gasteiger partial charge in [0.25, 0.3) is 0 Å². The van der Waals surface area contributed by atoms with Crippen molar-refractivity contribution in [1.29, 1.82) is 0 Å². The molecule has 12 heavy (non-hydrogen) atoms. The monoisotopic (exact) mass is 166 g/mol. The molecule has 0 aliphatic carbocycles. The molecule has 0 atom stereocenters. The van der Waals surface area contributed by atoms with Gasteiger partial charge in [0.2, 0.25) is 0 Å². The van der Waals surface area contributed by atoms with Crippen LogP contribution in [0.1, 0.15) is 51.4 Å². The van der Waals surface area contributed by atoms with Crippen molar-refractivity contribution < 1.29 is 0 Å². The lowest BCUT2D eigenvalue weighted by molar-refractivity contribution is 0.599. The van der Waals surface area contributed by atoms with Gasteiger partial charge in [-0.25, -0.2) is 0 Å². The second-order valence-electron chi connectivity index (χ2n) is 3.23. The molecular weight excluding hydrogens is 144 g/mol. The SMILES string of the molecule is [CH2]/C=C/CCCCCCCC[CH2]. The molecule has 70 valence electrons. The lowest BCUT2D eigenvalue weighted by atomic mass is 10.1. The first-order chi connectivity index (χ1) is 5.91. The summed E-state index contributed by atoms with van der Waals surface area (Å²) in [6, 6.07) is 0. The summed E-state index contributed by atoms with van der Waals surface area (Å²) in [7, 11) is 0. The van der Waals surface area contributed by atoms with E-state index in [1.807, 2.05) is 6.08 Å². The van der Waals surface area contributed by atoms with E-state index >= 15 is 0 Å². The number of hydrogen-bond donors (Lipinski definition) is 0. The molecule has 0 N–H and O–H groups in total. The number of unbranched alkanes of at least 4 members (excludes halogenated alkanes) is 7. The van der Waals surface area contributed by atoms with E-state index in [4.69, 9.17) is 0 Å². The van der Waals surface area contributed by atoms with Gasteiger partial charge in [0.1, 0.15) is 0 Å². The normalized spacial score (nSPS) is 11.2. The molecule has 0 unspecified atom stereocenters. The molecule has 0 nitrogen and oxygen atoms in total. The summed E-state index contributed by atoms with van der Waals surface area (Å²) in [6.07, 6.45) is 14.5. The van der Waals surface area contributed by atoms with Gasteiger partial charge in [-0.3, -0.25) is 0 Å². The molecule has 0 bridgehead atoms. The van der Waals surface area contributed by atoms with Crippen LogP contribution < -0.4 is 0 Å². The molecule has 0 saturated carbocycles. The highest BCUT2D eigenvalue weighted by molar-refractivity contribution is 4.83. The fraction of sp³-hybridized carbons (Fsp3) is 0.667. The van der Waals surface area contributed by atoms with Crippen molar-refractivity contribution in [2.24, 2.45) is 0 Å². The van der Waals surface area contributed by atoms with E-state index in [1.165, 1.54) is 44.9 Å². The Bertz CT molecular complexity index is 92.2. The lowest BCUT2D eigenvalue weighted by Gasteiger charge is -1.98. The van der Waals surface area contributed by atoms with E-state index in [2.05, 4.69) is 19.9 Å². The van der Waals surface area contributed by atoms with Gasteiger partial charge in [0.05, 0.1) is 0 Å². The third-order valence-corrected chi connectivity index (χ3v) is 2.04. The van der Waals surface area contributed by atoms with E-state index in [-0.39, 0.29) is 0 Å². The van der Waals surface area contributed by atoms with Crippen molar-refractivity contribution >= 4 is 0 Å². The van der Waals surface area contributed by atoms with E-state index < -0.39 is 0 Å². The Labute approximate surface area is 78.1 Å². The van der Waals surface area contributed by atoms with E-state index in [1.54, 1.807) is 0 Å². The van der Waals surface area contributed by atoms with Crippen LogP contribution in [0, 0.1) is 13.8 Å². The number of allylic oxidation sites excluding steroid dienone is 2. The fourth-order valence-electron chi connectivity index (χ4n) is 1.26. The summed E-state index contributed by atoms with van der Waals surface area (Å²) >= 11 is 0. The van der Waals surface area contributed by atoms with Crippen molar-refractivity contribution in [3.05, 3.63) is 26.0 Å². The van der Waals surface area contributed by atoms with Crippen molar-refractivity contribution in [2.45, 2.75) is 51.4 Å². The standard InChI is InChI=1S/C12H22/c1-3-5-7-9-11-12-10-8-6-4-2/h3,5H,1-2,4,6-12H2/b5-3+. The summed E-state index contributed by atoms with van der Waals surface area (Å²) < 4.78 is 0. The Morgan fingerprint density at radius 3 is 2.00 bits per heavy atom. The van der Waals surface area contributed by atoms with E-state index in [9.17, 15) is 0 Å². The van der Waals surface area contributed by atoms with Gasteiger partial charge in [-0.05, 0) is 19.8 Å². The zero-order valence-electron chi connectivity index (χ0n) is 8.23. The third kappa shape index (κ3) is 9.74. The summed E-state index contributed by atoms with van der Waals surface area (Å²) in [6.45, 7) is 7.48. The average Bonchev–Trinajstić information content (AvgIpc) is 2.10. The highest BCUT2D eigenvalue weighted by Gasteiger charge is 1.88. The third-order valence-electron chi connectivity index (χ3n) is 2.04. The topological polar surface area (TPSA) is 0 Å². The van der Waals surface area contributed by atoms with Crippen LogP contribution in [0.25, 0.3) is 0 Å². The smallest absolute Gasteiger partial charge is 0.0316 e. The van der Waals surface area contributed by atoms with Crippen LogP contribution in [0.5, 0.6) is 0 Å². The van der Waals surface area contributed by atoms with Gasteiger partial charge in [0, 0.05) is 0 Å². The second kappa shape index (κ2) is 10.7. The van der Waals surface area contributed by atoms with Gasteiger partial charge in [0.15, 0.2) is 0 Å². The molecule has 0 aliphatic rings. The zero-order chi connectivity index (χ0) is 9.07. The van der Waals surface area contributed by atoms with Gasteiger partial charge in [-0.2, -0.15) is 0 Å². The van der Waals surface area contributed by atoms with Gasteiger partial charge in [-0.1, -0.05) is 57.6 Å². The Balaban J connectivity index is 2.81.